The van der Waals surface area contributed by atoms with E-state index in [2.05, 4.69) is 45.5 Å². The van der Waals surface area contributed by atoms with Gasteiger partial charge in [-0.15, -0.1) is 0 Å². The molecule has 1 unspecified atom stereocenters. The van der Waals surface area contributed by atoms with E-state index >= 15 is 0 Å². The van der Waals surface area contributed by atoms with Crippen LogP contribution in [0.4, 0.5) is 0 Å². The van der Waals surface area contributed by atoms with E-state index in [9.17, 15) is 0 Å². The molecule has 14 heavy (non-hydrogen) atoms. The Balaban J connectivity index is 2.08. The van der Waals surface area contributed by atoms with Gasteiger partial charge in [-0.1, -0.05) is 28.1 Å². The Hall–Kier alpha value is -0.340. The summed E-state index contributed by atoms with van der Waals surface area (Å²) in [6.45, 7) is 2.35. The number of rotatable bonds is 1. The number of hydrogen-bond donors (Lipinski definition) is 1. The summed E-state index contributed by atoms with van der Waals surface area (Å²) in [7, 11) is 0. The van der Waals surface area contributed by atoms with Crippen LogP contribution in [0.5, 0.6) is 0 Å². The normalized spacial score (nSPS) is 23.1. The van der Waals surface area contributed by atoms with Crippen LogP contribution in [0, 0.1) is 0 Å². The third kappa shape index (κ3) is 2.58. The lowest BCUT2D eigenvalue weighted by Gasteiger charge is -2.13. The van der Waals surface area contributed by atoms with E-state index < -0.39 is 0 Å². The van der Waals surface area contributed by atoms with Crippen LogP contribution in [0.3, 0.4) is 0 Å². The van der Waals surface area contributed by atoms with E-state index in [1.807, 2.05) is 0 Å². The van der Waals surface area contributed by atoms with E-state index in [0.29, 0.717) is 0 Å². The van der Waals surface area contributed by atoms with Gasteiger partial charge in [0.25, 0.3) is 0 Å². The van der Waals surface area contributed by atoms with Gasteiger partial charge in [0.1, 0.15) is 0 Å². The molecule has 2 rings (SSSR count). The lowest BCUT2D eigenvalue weighted by atomic mass is 9.92. The highest BCUT2D eigenvalue weighted by Crippen LogP contribution is 2.26. The first kappa shape index (κ1) is 10.2. The largest absolute Gasteiger partial charge is 0.317 e. The maximum absolute atomic E-state index is 3.47. The second kappa shape index (κ2) is 4.94. The van der Waals surface area contributed by atoms with Gasteiger partial charge in [-0.05, 0) is 56.0 Å². The molecule has 0 radical (unpaired) electrons. The van der Waals surface area contributed by atoms with Crippen LogP contribution in [-0.2, 0) is 0 Å². The number of nitrogens with one attached hydrogen (secondary N) is 1. The molecule has 1 atom stereocenters. The minimum Gasteiger partial charge on any atom is -0.317 e. The number of hydrogen-bond acceptors (Lipinski definition) is 1. The topological polar surface area (TPSA) is 12.0 Å². The molecule has 1 heterocycles. The Morgan fingerprint density at radius 2 is 1.86 bits per heavy atom. The highest BCUT2D eigenvalue weighted by molar-refractivity contribution is 9.10. The molecule has 0 saturated carbocycles. The average molecular weight is 254 g/mol. The molecule has 1 aliphatic heterocycles. The summed E-state index contributed by atoms with van der Waals surface area (Å²) in [4.78, 5) is 0. The van der Waals surface area contributed by atoms with E-state index in [4.69, 9.17) is 0 Å². The Morgan fingerprint density at radius 3 is 2.64 bits per heavy atom. The van der Waals surface area contributed by atoms with Crippen molar-refractivity contribution >= 4 is 15.9 Å². The average Bonchev–Trinajstić information content (AvgIpc) is 2.47. The van der Waals surface area contributed by atoms with Gasteiger partial charge in [-0.2, -0.15) is 0 Å². The van der Waals surface area contributed by atoms with Gasteiger partial charge in [0.05, 0.1) is 0 Å². The van der Waals surface area contributed by atoms with Crippen molar-refractivity contribution in [1.29, 1.82) is 0 Å². The maximum atomic E-state index is 3.47. The highest BCUT2D eigenvalue weighted by Gasteiger charge is 2.13. The zero-order valence-corrected chi connectivity index (χ0v) is 9.89. The smallest absolute Gasteiger partial charge is 0.0175 e. The quantitative estimate of drug-likeness (QED) is 0.810. The van der Waals surface area contributed by atoms with Crippen LogP contribution >= 0.6 is 15.9 Å². The molecule has 0 spiro atoms. The van der Waals surface area contributed by atoms with Gasteiger partial charge in [-0.3, -0.25) is 0 Å². The van der Waals surface area contributed by atoms with Crippen LogP contribution in [-0.4, -0.2) is 13.1 Å². The van der Waals surface area contributed by atoms with Gasteiger partial charge >= 0.3 is 0 Å². The third-order valence-electron chi connectivity index (χ3n) is 2.92. The van der Waals surface area contributed by atoms with Crippen molar-refractivity contribution in [2.45, 2.75) is 25.2 Å². The molecular weight excluding hydrogens is 238 g/mol. The van der Waals surface area contributed by atoms with Crippen LogP contribution in [0.1, 0.15) is 30.7 Å². The predicted molar refractivity (Wildman–Crippen MR) is 63.6 cm³/mol. The van der Waals surface area contributed by atoms with Crippen molar-refractivity contribution in [3.05, 3.63) is 34.3 Å². The third-order valence-corrected chi connectivity index (χ3v) is 3.45. The molecule has 0 aliphatic carbocycles. The van der Waals surface area contributed by atoms with Crippen molar-refractivity contribution < 1.29 is 0 Å². The summed E-state index contributed by atoms with van der Waals surface area (Å²) >= 11 is 3.47. The fourth-order valence-electron chi connectivity index (χ4n) is 2.09. The molecule has 1 aromatic rings. The lowest BCUT2D eigenvalue weighted by Crippen LogP contribution is -2.13. The van der Waals surface area contributed by atoms with Crippen molar-refractivity contribution in [2.24, 2.45) is 0 Å². The second-order valence-electron chi connectivity index (χ2n) is 3.93. The summed E-state index contributed by atoms with van der Waals surface area (Å²) in [5, 5.41) is 3.45. The van der Waals surface area contributed by atoms with Crippen molar-refractivity contribution in [2.75, 3.05) is 13.1 Å². The lowest BCUT2D eigenvalue weighted by molar-refractivity contribution is 0.609. The first-order valence-electron chi connectivity index (χ1n) is 5.32. The summed E-state index contributed by atoms with van der Waals surface area (Å²) in [6, 6.07) is 8.79. The maximum Gasteiger partial charge on any atom is 0.0175 e. The summed E-state index contributed by atoms with van der Waals surface area (Å²) < 4.78 is 1.17. The van der Waals surface area contributed by atoms with Gasteiger partial charge in [0.2, 0.25) is 0 Å². The van der Waals surface area contributed by atoms with Gasteiger partial charge < -0.3 is 5.32 Å². The van der Waals surface area contributed by atoms with Crippen LogP contribution in [0.25, 0.3) is 0 Å². The Morgan fingerprint density at radius 1 is 1.07 bits per heavy atom. The molecule has 1 nitrogen and oxygen atoms in total. The van der Waals surface area contributed by atoms with E-state index in [1.165, 1.54) is 42.4 Å². The first-order chi connectivity index (χ1) is 6.86. The highest BCUT2D eigenvalue weighted by atomic mass is 79.9. The first-order valence-corrected chi connectivity index (χ1v) is 6.12. The molecule has 0 bridgehead atoms. The van der Waals surface area contributed by atoms with E-state index in [-0.39, 0.29) is 0 Å². The monoisotopic (exact) mass is 253 g/mol. The number of halogens is 1. The van der Waals surface area contributed by atoms with E-state index in [1.54, 1.807) is 0 Å². The Bertz CT molecular complexity index is 273. The second-order valence-corrected chi connectivity index (χ2v) is 4.85. The zero-order chi connectivity index (χ0) is 9.80. The summed E-state index contributed by atoms with van der Waals surface area (Å²) in [6.07, 6.45) is 3.91. The standard InChI is InChI=1S/C12H16BrN/c13-12-5-3-11(4-6-12)10-2-1-8-14-9-7-10/h3-6,10,14H,1-2,7-9H2. The minimum atomic E-state index is 0.762. The minimum absolute atomic E-state index is 0.762. The van der Waals surface area contributed by atoms with Crippen LogP contribution < -0.4 is 5.32 Å². The molecule has 1 saturated heterocycles. The molecular formula is C12H16BrN. The Labute approximate surface area is 94.0 Å². The fraction of sp³-hybridized carbons (Fsp3) is 0.500. The molecule has 1 N–H and O–H groups in total. The molecule has 76 valence electrons. The zero-order valence-electron chi connectivity index (χ0n) is 8.30. The van der Waals surface area contributed by atoms with Gasteiger partial charge in [-0.25, -0.2) is 0 Å². The van der Waals surface area contributed by atoms with Gasteiger partial charge in [0.15, 0.2) is 0 Å². The predicted octanol–water partition coefficient (Wildman–Crippen LogP) is 3.31. The molecule has 1 aromatic carbocycles. The van der Waals surface area contributed by atoms with Crippen LogP contribution in [0.15, 0.2) is 28.7 Å². The molecule has 1 fully saturated rings. The molecule has 0 aromatic heterocycles. The fourth-order valence-corrected chi connectivity index (χ4v) is 2.35. The van der Waals surface area contributed by atoms with Crippen molar-refractivity contribution in [3.8, 4) is 0 Å². The van der Waals surface area contributed by atoms with E-state index in [0.717, 1.165) is 5.92 Å². The summed E-state index contributed by atoms with van der Waals surface area (Å²) in [5.41, 5.74) is 1.50. The van der Waals surface area contributed by atoms with Crippen LogP contribution in [0.2, 0.25) is 0 Å². The molecule has 0 amide bonds. The van der Waals surface area contributed by atoms with Crippen molar-refractivity contribution in [3.63, 3.8) is 0 Å². The SMILES string of the molecule is Brc1ccc(C2CCCNCC2)cc1. The molecule has 1 aliphatic rings. The Kier molecular flexibility index (Phi) is 3.60. The summed E-state index contributed by atoms with van der Waals surface area (Å²) in [5.74, 6) is 0.762. The molecule has 2 heteroatoms. The number of benzene rings is 1. The van der Waals surface area contributed by atoms with Gasteiger partial charge in [0, 0.05) is 4.47 Å². The van der Waals surface area contributed by atoms with Crippen molar-refractivity contribution in [1.82, 2.24) is 5.32 Å².